The maximum atomic E-state index is 6.15. The normalized spacial score (nSPS) is 14.2. The Hall–Kier alpha value is -1.52. The summed E-state index contributed by atoms with van der Waals surface area (Å²) < 4.78 is 0. The van der Waals surface area contributed by atoms with Gasteiger partial charge in [0.25, 0.3) is 0 Å². The molecule has 20 heavy (non-hydrogen) atoms. The third-order valence-electron chi connectivity index (χ3n) is 3.16. The van der Waals surface area contributed by atoms with Crippen molar-refractivity contribution in [2.45, 2.75) is 18.8 Å². The molecule has 0 amide bonds. The highest BCUT2D eigenvalue weighted by Gasteiger charge is 2.26. The van der Waals surface area contributed by atoms with E-state index in [1.165, 1.54) is 12.8 Å². The molecule has 1 aliphatic rings. The third kappa shape index (κ3) is 2.97. The van der Waals surface area contributed by atoms with Crippen molar-refractivity contribution in [1.82, 2.24) is 9.97 Å². The predicted molar refractivity (Wildman–Crippen MR) is 83.3 cm³/mol. The number of nitrogens with one attached hydrogen (secondary N) is 2. The summed E-state index contributed by atoms with van der Waals surface area (Å²) in [6.45, 7) is 0. The van der Waals surface area contributed by atoms with E-state index < -0.39 is 0 Å². The van der Waals surface area contributed by atoms with Crippen molar-refractivity contribution >= 4 is 40.7 Å². The summed E-state index contributed by atoms with van der Waals surface area (Å²) >= 11 is 12.1. The van der Waals surface area contributed by atoms with Crippen molar-refractivity contribution in [3.05, 3.63) is 40.0 Å². The Morgan fingerprint density at radius 1 is 1.15 bits per heavy atom. The fourth-order valence-corrected chi connectivity index (χ4v) is 2.30. The molecule has 0 radical (unpaired) electrons. The lowest BCUT2D eigenvalue weighted by Gasteiger charge is -2.11. The summed E-state index contributed by atoms with van der Waals surface area (Å²) in [6.07, 6.45) is 2.38. The standard InChI is InChI=1S/C14H14Cl2N4/c1-17-14-19-11(8-2-3-8)7-13(20-14)18-12-6-9(15)4-5-10(12)16/h4-8H,2-3H2,1H3,(H2,17,18,19,20). The molecule has 6 heteroatoms. The maximum Gasteiger partial charge on any atom is 0.224 e. The number of nitrogens with zero attached hydrogens (tertiary/aromatic N) is 2. The summed E-state index contributed by atoms with van der Waals surface area (Å²) in [7, 11) is 1.81. The van der Waals surface area contributed by atoms with Gasteiger partial charge in [-0.15, -0.1) is 0 Å². The van der Waals surface area contributed by atoms with Gasteiger partial charge in [-0.05, 0) is 31.0 Å². The molecule has 1 aromatic heterocycles. The molecule has 4 nitrogen and oxygen atoms in total. The van der Waals surface area contributed by atoms with E-state index >= 15 is 0 Å². The first-order valence-electron chi connectivity index (χ1n) is 6.44. The van der Waals surface area contributed by atoms with Crippen LogP contribution in [0, 0.1) is 0 Å². The number of aromatic nitrogens is 2. The Morgan fingerprint density at radius 3 is 2.65 bits per heavy atom. The summed E-state index contributed by atoms with van der Waals surface area (Å²) in [5.74, 6) is 1.88. The number of benzene rings is 1. The smallest absolute Gasteiger partial charge is 0.224 e. The number of hydrogen-bond donors (Lipinski definition) is 2. The zero-order valence-electron chi connectivity index (χ0n) is 11.0. The van der Waals surface area contributed by atoms with Crippen LogP contribution in [0.1, 0.15) is 24.5 Å². The van der Waals surface area contributed by atoms with Crippen LogP contribution in [-0.4, -0.2) is 17.0 Å². The van der Waals surface area contributed by atoms with Gasteiger partial charge in [-0.3, -0.25) is 0 Å². The predicted octanol–water partition coefficient (Wildman–Crippen LogP) is 4.45. The molecule has 0 atom stereocenters. The quantitative estimate of drug-likeness (QED) is 0.876. The van der Waals surface area contributed by atoms with Crippen LogP contribution in [0.15, 0.2) is 24.3 Å². The van der Waals surface area contributed by atoms with Crippen molar-refractivity contribution in [2.24, 2.45) is 0 Å². The van der Waals surface area contributed by atoms with Gasteiger partial charge in [0.05, 0.1) is 16.4 Å². The van der Waals surface area contributed by atoms with Crippen LogP contribution in [0.25, 0.3) is 0 Å². The zero-order chi connectivity index (χ0) is 14.1. The van der Waals surface area contributed by atoms with Gasteiger partial charge in [-0.2, -0.15) is 4.98 Å². The minimum atomic E-state index is 0.556. The second kappa shape index (κ2) is 5.46. The van der Waals surface area contributed by atoms with Crippen LogP contribution in [0.4, 0.5) is 17.5 Å². The van der Waals surface area contributed by atoms with E-state index in [9.17, 15) is 0 Å². The summed E-state index contributed by atoms with van der Waals surface area (Å²) in [6, 6.07) is 7.26. The van der Waals surface area contributed by atoms with Crippen molar-refractivity contribution in [3.63, 3.8) is 0 Å². The van der Waals surface area contributed by atoms with Crippen LogP contribution >= 0.6 is 23.2 Å². The molecule has 2 aromatic rings. The van der Waals surface area contributed by atoms with Crippen LogP contribution in [-0.2, 0) is 0 Å². The van der Waals surface area contributed by atoms with Gasteiger partial charge in [0, 0.05) is 24.1 Å². The first-order valence-corrected chi connectivity index (χ1v) is 7.20. The first-order chi connectivity index (χ1) is 9.65. The second-order valence-corrected chi connectivity index (χ2v) is 5.62. The molecule has 0 spiro atoms. The Kier molecular flexibility index (Phi) is 3.68. The molecular formula is C14H14Cl2N4. The highest BCUT2D eigenvalue weighted by Crippen LogP contribution is 2.40. The van der Waals surface area contributed by atoms with E-state index in [1.54, 1.807) is 18.2 Å². The van der Waals surface area contributed by atoms with E-state index in [4.69, 9.17) is 23.2 Å². The Balaban J connectivity index is 1.93. The zero-order valence-corrected chi connectivity index (χ0v) is 12.5. The molecule has 1 aliphatic carbocycles. The van der Waals surface area contributed by atoms with Crippen molar-refractivity contribution in [2.75, 3.05) is 17.7 Å². The van der Waals surface area contributed by atoms with Gasteiger partial charge in [-0.1, -0.05) is 23.2 Å². The van der Waals surface area contributed by atoms with E-state index in [2.05, 4.69) is 20.6 Å². The number of hydrogen-bond acceptors (Lipinski definition) is 4. The van der Waals surface area contributed by atoms with E-state index in [-0.39, 0.29) is 0 Å². The van der Waals surface area contributed by atoms with E-state index in [0.717, 1.165) is 17.2 Å². The average Bonchev–Trinajstić information content (AvgIpc) is 3.27. The van der Waals surface area contributed by atoms with Crippen LogP contribution < -0.4 is 10.6 Å². The molecule has 1 fully saturated rings. The summed E-state index contributed by atoms with van der Waals surface area (Å²) in [5, 5.41) is 7.41. The fraction of sp³-hybridized carbons (Fsp3) is 0.286. The minimum Gasteiger partial charge on any atom is -0.357 e. The Morgan fingerprint density at radius 2 is 1.95 bits per heavy atom. The molecular weight excluding hydrogens is 295 g/mol. The Labute approximate surface area is 127 Å². The van der Waals surface area contributed by atoms with Gasteiger partial charge >= 0.3 is 0 Å². The average molecular weight is 309 g/mol. The van der Waals surface area contributed by atoms with Crippen molar-refractivity contribution < 1.29 is 0 Å². The van der Waals surface area contributed by atoms with Gasteiger partial charge in [0.1, 0.15) is 5.82 Å². The van der Waals surface area contributed by atoms with Crippen LogP contribution in [0.2, 0.25) is 10.0 Å². The van der Waals surface area contributed by atoms with E-state index in [0.29, 0.717) is 21.9 Å². The topological polar surface area (TPSA) is 49.8 Å². The van der Waals surface area contributed by atoms with Gasteiger partial charge in [0.2, 0.25) is 5.95 Å². The van der Waals surface area contributed by atoms with E-state index in [1.807, 2.05) is 13.1 Å². The highest BCUT2D eigenvalue weighted by atomic mass is 35.5. The molecule has 1 saturated carbocycles. The number of rotatable bonds is 4. The Bertz CT molecular complexity index is 641. The maximum absolute atomic E-state index is 6.15. The van der Waals surface area contributed by atoms with Crippen molar-refractivity contribution in [3.8, 4) is 0 Å². The third-order valence-corrected chi connectivity index (χ3v) is 3.72. The van der Waals surface area contributed by atoms with Crippen LogP contribution in [0.5, 0.6) is 0 Å². The second-order valence-electron chi connectivity index (χ2n) is 4.78. The molecule has 2 N–H and O–H groups in total. The molecule has 104 valence electrons. The van der Waals surface area contributed by atoms with Gasteiger partial charge in [-0.25, -0.2) is 4.98 Å². The molecule has 0 aliphatic heterocycles. The molecule has 0 saturated heterocycles. The van der Waals surface area contributed by atoms with Gasteiger partial charge < -0.3 is 10.6 Å². The monoisotopic (exact) mass is 308 g/mol. The first kappa shape index (κ1) is 13.5. The fourth-order valence-electron chi connectivity index (χ4n) is 1.96. The lowest BCUT2D eigenvalue weighted by atomic mass is 10.2. The van der Waals surface area contributed by atoms with Gasteiger partial charge in [0.15, 0.2) is 0 Å². The summed E-state index contributed by atoms with van der Waals surface area (Å²) in [5.41, 5.74) is 1.80. The highest BCUT2D eigenvalue weighted by molar-refractivity contribution is 6.35. The number of anilines is 3. The summed E-state index contributed by atoms with van der Waals surface area (Å²) in [4.78, 5) is 8.87. The SMILES string of the molecule is CNc1nc(Nc2cc(Cl)ccc2Cl)cc(C2CC2)n1. The number of halogens is 2. The minimum absolute atomic E-state index is 0.556. The van der Waals surface area contributed by atoms with Crippen LogP contribution in [0.3, 0.4) is 0 Å². The molecule has 0 bridgehead atoms. The molecule has 0 unspecified atom stereocenters. The molecule has 3 rings (SSSR count). The lowest BCUT2D eigenvalue weighted by molar-refractivity contribution is 0.991. The van der Waals surface area contributed by atoms with Crippen molar-refractivity contribution in [1.29, 1.82) is 0 Å². The molecule has 1 aromatic carbocycles. The largest absolute Gasteiger partial charge is 0.357 e. The lowest BCUT2D eigenvalue weighted by Crippen LogP contribution is -2.03. The molecule has 1 heterocycles.